The average molecular weight is 475 g/mol. The number of esters is 1. The van der Waals surface area contributed by atoms with Crippen molar-refractivity contribution in [3.8, 4) is 0 Å². The van der Waals surface area contributed by atoms with Gasteiger partial charge in [-0.25, -0.2) is 13.6 Å². The lowest BCUT2D eigenvalue weighted by Crippen LogP contribution is -2.60. The first-order valence-electron chi connectivity index (χ1n) is 12.1. The van der Waals surface area contributed by atoms with Crippen molar-refractivity contribution in [2.24, 2.45) is 22.7 Å². The first-order chi connectivity index (χ1) is 16.1. The maximum absolute atomic E-state index is 13.8. The van der Waals surface area contributed by atoms with Crippen LogP contribution in [0, 0.1) is 34.3 Å². The summed E-state index contributed by atoms with van der Waals surface area (Å²) < 4.78 is 44.6. The van der Waals surface area contributed by atoms with Crippen LogP contribution in [0.25, 0.3) is 0 Å². The number of hydrogen-bond donors (Lipinski definition) is 1. The van der Waals surface area contributed by atoms with E-state index in [1.165, 1.54) is 11.6 Å². The molecule has 1 unspecified atom stereocenters. The molecule has 5 nitrogen and oxygen atoms in total. The van der Waals surface area contributed by atoms with Crippen molar-refractivity contribution < 1.29 is 32.9 Å². The summed E-state index contributed by atoms with van der Waals surface area (Å²) in [5.41, 5.74) is 1.71. The highest BCUT2D eigenvalue weighted by atomic mass is 19.2. The van der Waals surface area contributed by atoms with E-state index in [4.69, 9.17) is 14.2 Å². The lowest BCUT2D eigenvalue weighted by atomic mass is 9.46. The molecule has 2 heterocycles. The van der Waals surface area contributed by atoms with Gasteiger partial charge in [-0.15, -0.1) is 0 Å². The molecule has 1 aromatic carbocycles. The van der Waals surface area contributed by atoms with Gasteiger partial charge >= 0.3 is 5.97 Å². The van der Waals surface area contributed by atoms with Crippen LogP contribution in [0.4, 0.5) is 8.78 Å². The topological polar surface area (TPSA) is 65.0 Å². The predicted octanol–water partition coefficient (Wildman–Crippen LogP) is 5.00. The van der Waals surface area contributed by atoms with E-state index in [9.17, 15) is 18.7 Å². The number of aliphatic hydroxyl groups excluding tert-OH is 1. The molecule has 4 fully saturated rings. The monoisotopic (exact) mass is 474 g/mol. The Labute approximate surface area is 198 Å². The van der Waals surface area contributed by atoms with Crippen molar-refractivity contribution in [1.29, 1.82) is 0 Å². The molecule has 4 aliphatic rings. The van der Waals surface area contributed by atoms with Gasteiger partial charge in [-0.2, -0.15) is 0 Å². The number of fused-ring (bicyclic) bond motifs is 3. The fourth-order valence-corrected chi connectivity index (χ4v) is 7.03. The van der Waals surface area contributed by atoms with Gasteiger partial charge in [-0.1, -0.05) is 38.1 Å². The van der Waals surface area contributed by atoms with E-state index in [-0.39, 0.29) is 29.5 Å². The molecule has 0 bridgehead atoms. The van der Waals surface area contributed by atoms with Crippen LogP contribution in [0.15, 0.2) is 42.0 Å². The maximum atomic E-state index is 13.8. The lowest BCUT2D eigenvalue weighted by molar-refractivity contribution is -0.307. The molecule has 7 heteroatoms. The molecule has 184 valence electrons. The highest BCUT2D eigenvalue weighted by Gasteiger charge is 2.60. The average Bonchev–Trinajstić information content (AvgIpc) is 3.12. The van der Waals surface area contributed by atoms with E-state index >= 15 is 0 Å². The molecule has 2 aliphatic heterocycles. The van der Waals surface area contributed by atoms with Crippen LogP contribution in [0.2, 0.25) is 0 Å². The van der Waals surface area contributed by atoms with Gasteiger partial charge < -0.3 is 19.3 Å². The minimum absolute atomic E-state index is 0.0176. The molecule has 2 saturated heterocycles. The third-order valence-corrected chi connectivity index (χ3v) is 8.91. The molecule has 7 atom stereocenters. The summed E-state index contributed by atoms with van der Waals surface area (Å²) >= 11 is 0. The predicted molar refractivity (Wildman–Crippen MR) is 120 cm³/mol. The lowest BCUT2D eigenvalue weighted by Gasteiger charge is -2.62. The van der Waals surface area contributed by atoms with Crippen molar-refractivity contribution in [1.82, 2.24) is 0 Å². The highest BCUT2D eigenvalue weighted by Crippen LogP contribution is 2.63. The van der Waals surface area contributed by atoms with Gasteiger partial charge in [0.1, 0.15) is 12.7 Å². The van der Waals surface area contributed by atoms with E-state index < -0.39 is 30.0 Å². The van der Waals surface area contributed by atoms with Gasteiger partial charge in [-0.3, -0.25) is 0 Å². The number of allylic oxidation sites excluding steroid dienone is 2. The Hall–Kier alpha value is -2.09. The number of benzene rings is 1. The van der Waals surface area contributed by atoms with E-state index in [0.717, 1.165) is 37.8 Å². The number of ether oxygens (including phenoxy) is 3. The molecule has 34 heavy (non-hydrogen) atoms. The Kier molecular flexibility index (Phi) is 5.94. The molecule has 0 spiro atoms. The zero-order valence-corrected chi connectivity index (χ0v) is 19.7. The van der Waals surface area contributed by atoms with Gasteiger partial charge in [-0.05, 0) is 61.5 Å². The van der Waals surface area contributed by atoms with Crippen molar-refractivity contribution in [3.63, 3.8) is 0 Å². The largest absolute Gasteiger partial charge is 0.459 e. The van der Waals surface area contributed by atoms with Crippen LogP contribution in [0.1, 0.15) is 57.8 Å². The zero-order valence-electron chi connectivity index (χ0n) is 19.7. The van der Waals surface area contributed by atoms with E-state index in [1.807, 2.05) is 6.08 Å². The Morgan fingerprint density at radius 3 is 2.71 bits per heavy atom. The number of rotatable bonds is 3. The molecule has 0 radical (unpaired) electrons. The Bertz CT molecular complexity index is 1040. The first kappa shape index (κ1) is 23.6. The number of cyclic esters (lactones) is 1. The van der Waals surface area contributed by atoms with E-state index in [0.29, 0.717) is 30.1 Å². The second-order valence-corrected chi connectivity index (χ2v) is 10.8. The summed E-state index contributed by atoms with van der Waals surface area (Å²) in [7, 11) is 0. The van der Waals surface area contributed by atoms with Gasteiger partial charge in [0, 0.05) is 11.0 Å². The molecule has 1 N–H and O–H groups in total. The number of halogens is 2. The number of carbonyl (C=O) groups excluding carboxylic acids is 1. The molecule has 2 aliphatic carbocycles. The number of aliphatic hydroxyl groups is 1. The van der Waals surface area contributed by atoms with Crippen molar-refractivity contribution in [3.05, 3.63) is 59.2 Å². The van der Waals surface area contributed by atoms with Crippen molar-refractivity contribution in [2.75, 3.05) is 13.2 Å². The minimum atomic E-state index is -0.909. The van der Waals surface area contributed by atoms with Crippen LogP contribution in [0.3, 0.4) is 0 Å². The second kappa shape index (κ2) is 8.54. The van der Waals surface area contributed by atoms with Crippen LogP contribution in [0.5, 0.6) is 0 Å². The summed E-state index contributed by atoms with van der Waals surface area (Å²) in [6.07, 6.45) is 4.42. The highest BCUT2D eigenvalue weighted by molar-refractivity contribution is 5.91. The van der Waals surface area contributed by atoms with Crippen LogP contribution < -0.4 is 0 Å². The normalized spacial score (nSPS) is 41.2. The number of hydrogen-bond acceptors (Lipinski definition) is 5. The standard InChI is InChI=1S/C27H32F2O5/c1-15-4-9-22-26(2,18(15)7-6-17-21(30)13-32-24(17)31)11-10-23-27(22,3)14-33-25(34-23)16-5-8-19(28)20(29)12-16/h5-6,8,12,18,21-23,25,30H,1,4,7,9-11,13-14H2,2-3H3/b17-6+/t18-,21-,22?,23-,25-,26+,27+/m1/s1. The Balaban J connectivity index is 1.37. The van der Waals surface area contributed by atoms with E-state index in [2.05, 4.69) is 20.4 Å². The molecule has 0 amide bonds. The summed E-state index contributed by atoms with van der Waals surface area (Å²) in [6.45, 7) is 9.37. The molecule has 0 aromatic heterocycles. The summed E-state index contributed by atoms with van der Waals surface area (Å²) in [6, 6.07) is 3.76. The van der Waals surface area contributed by atoms with Crippen LogP contribution >= 0.6 is 0 Å². The van der Waals surface area contributed by atoms with Gasteiger partial charge in [0.05, 0.1) is 18.3 Å². The quantitative estimate of drug-likeness (QED) is 0.379. The fourth-order valence-electron chi connectivity index (χ4n) is 7.03. The number of carbonyl (C=O) groups is 1. The van der Waals surface area contributed by atoms with Crippen molar-refractivity contribution in [2.45, 2.75) is 64.4 Å². The molecule has 2 saturated carbocycles. The molecular weight excluding hydrogens is 442 g/mol. The third-order valence-electron chi connectivity index (χ3n) is 8.91. The first-order valence-corrected chi connectivity index (χ1v) is 12.1. The van der Waals surface area contributed by atoms with Crippen LogP contribution in [-0.2, 0) is 19.0 Å². The van der Waals surface area contributed by atoms with Crippen molar-refractivity contribution >= 4 is 5.97 Å². The summed E-state index contributed by atoms with van der Waals surface area (Å²) in [5.74, 6) is -1.77. The molecular formula is C27H32F2O5. The fraction of sp³-hybridized carbons (Fsp3) is 0.593. The Morgan fingerprint density at radius 2 is 2.00 bits per heavy atom. The van der Waals surface area contributed by atoms with Gasteiger partial charge in [0.25, 0.3) is 0 Å². The summed E-state index contributed by atoms with van der Waals surface area (Å²) in [5, 5.41) is 10.1. The Morgan fingerprint density at radius 1 is 1.21 bits per heavy atom. The molecule has 1 aromatic rings. The molecule has 5 rings (SSSR count). The van der Waals surface area contributed by atoms with Gasteiger partial charge in [0.15, 0.2) is 17.9 Å². The van der Waals surface area contributed by atoms with Gasteiger partial charge in [0.2, 0.25) is 0 Å². The summed E-state index contributed by atoms with van der Waals surface area (Å²) in [4.78, 5) is 12.0. The SMILES string of the molecule is C=C1CCC2[C@]3(C)CO[C@@H](c4ccc(F)c(F)c4)O[C@@H]3CC[C@@]2(C)[C@@H]1C/C=C1/C(=O)OC[C@H]1O. The van der Waals surface area contributed by atoms with Crippen LogP contribution in [-0.4, -0.2) is 36.5 Å². The second-order valence-electron chi connectivity index (χ2n) is 10.8. The van der Waals surface area contributed by atoms with E-state index in [1.54, 1.807) is 0 Å². The zero-order chi connectivity index (χ0) is 24.3. The minimum Gasteiger partial charge on any atom is -0.459 e. The maximum Gasteiger partial charge on any atom is 0.336 e. The smallest absolute Gasteiger partial charge is 0.336 e. The third kappa shape index (κ3) is 3.73.